The van der Waals surface area contributed by atoms with Gasteiger partial charge in [0, 0.05) is 43.8 Å². The molecule has 62 heavy (non-hydrogen) atoms. The first-order valence-corrected chi connectivity index (χ1v) is 21.4. The van der Waals surface area contributed by atoms with Crippen LogP contribution < -0.4 is 0 Å². The Bertz CT molecular complexity index is 3280. The quantitative estimate of drug-likeness (QED) is 0.152. The predicted octanol–water partition coefficient (Wildman–Crippen LogP) is 16.2. The van der Waals surface area contributed by atoms with E-state index in [0.717, 1.165) is 11.4 Å². The van der Waals surface area contributed by atoms with Crippen LogP contribution in [-0.4, -0.2) is 9.13 Å². The Morgan fingerprint density at radius 2 is 0.419 bits per heavy atom. The van der Waals surface area contributed by atoms with Crippen molar-refractivity contribution in [2.75, 3.05) is 0 Å². The van der Waals surface area contributed by atoms with Crippen molar-refractivity contribution in [2.45, 2.75) is 0 Å². The van der Waals surface area contributed by atoms with E-state index < -0.39 is 0 Å². The molecule has 2 nitrogen and oxygen atoms in total. The summed E-state index contributed by atoms with van der Waals surface area (Å²) in [6.07, 6.45) is 0. The summed E-state index contributed by atoms with van der Waals surface area (Å²) in [5.74, 6) is 0. The number of hydrogen-bond donors (Lipinski definition) is 0. The van der Waals surface area contributed by atoms with Crippen LogP contribution in [-0.2, 0) is 0 Å². The Morgan fingerprint density at radius 3 is 0.758 bits per heavy atom. The Morgan fingerprint density at radius 1 is 0.177 bits per heavy atom. The van der Waals surface area contributed by atoms with E-state index in [1.807, 2.05) is 0 Å². The van der Waals surface area contributed by atoms with Gasteiger partial charge in [-0.2, -0.15) is 0 Å². The molecule has 0 N–H and O–H groups in total. The van der Waals surface area contributed by atoms with E-state index in [2.05, 4.69) is 252 Å². The zero-order valence-corrected chi connectivity index (χ0v) is 34.0. The molecule has 2 heteroatoms. The molecule has 0 aliphatic heterocycles. The first kappa shape index (κ1) is 35.7. The lowest BCUT2D eigenvalue weighted by Crippen LogP contribution is -2.02. The topological polar surface area (TPSA) is 9.86 Å². The molecular weight excluding hydrogens is 749 g/mol. The van der Waals surface area contributed by atoms with Gasteiger partial charge in [0.25, 0.3) is 0 Å². The maximum absolute atomic E-state index is 2.49. The fourth-order valence-corrected chi connectivity index (χ4v) is 9.94. The SMILES string of the molecule is c1ccc(-c2cccc(-c3ccccc3-c3ccccc3-c3cccc(-c4ccccc4)c3-n3c4ccccc4c4ccccc43)c2-n2c3ccccc3c3ccccc32)cc1. The third-order valence-electron chi connectivity index (χ3n) is 12.6. The average Bonchev–Trinajstić information content (AvgIpc) is 3.87. The van der Waals surface area contributed by atoms with Crippen molar-refractivity contribution in [1.29, 1.82) is 0 Å². The Kier molecular flexibility index (Phi) is 8.53. The van der Waals surface area contributed by atoms with Crippen LogP contribution in [0, 0.1) is 0 Å². The molecule has 2 heterocycles. The van der Waals surface area contributed by atoms with Gasteiger partial charge in [0.05, 0.1) is 33.4 Å². The van der Waals surface area contributed by atoms with E-state index in [0.29, 0.717) is 0 Å². The molecule has 0 aliphatic rings. The van der Waals surface area contributed by atoms with Crippen LogP contribution in [0.1, 0.15) is 0 Å². The highest BCUT2D eigenvalue weighted by Crippen LogP contribution is 2.48. The predicted molar refractivity (Wildman–Crippen MR) is 262 cm³/mol. The monoisotopic (exact) mass is 788 g/mol. The number of nitrogens with zero attached hydrogens (tertiary/aromatic N) is 2. The third kappa shape index (κ3) is 5.65. The zero-order valence-electron chi connectivity index (χ0n) is 34.0. The number of fused-ring (bicyclic) bond motifs is 6. The average molecular weight is 789 g/mol. The second kappa shape index (κ2) is 14.8. The first-order chi connectivity index (χ1) is 30.8. The molecule has 12 aromatic rings. The second-order valence-corrected chi connectivity index (χ2v) is 16.0. The Hall–Kier alpha value is -8.20. The smallest absolute Gasteiger partial charge is 0.0619 e. The molecule has 0 amide bonds. The van der Waals surface area contributed by atoms with Crippen LogP contribution in [0.2, 0.25) is 0 Å². The lowest BCUT2D eigenvalue weighted by atomic mass is 9.86. The molecule has 0 fully saturated rings. The van der Waals surface area contributed by atoms with Gasteiger partial charge in [-0.3, -0.25) is 0 Å². The van der Waals surface area contributed by atoms with E-state index in [1.54, 1.807) is 0 Å². The largest absolute Gasteiger partial charge is 0.308 e. The van der Waals surface area contributed by atoms with Crippen molar-refractivity contribution >= 4 is 43.6 Å². The summed E-state index contributed by atoms with van der Waals surface area (Å²) >= 11 is 0. The van der Waals surface area contributed by atoms with Gasteiger partial charge in [0.1, 0.15) is 0 Å². The van der Waals surface area contributed by atoms with E-state index in [-0.39, 0.29) is 0 Å². The van der Waals surface area contributed by atoms with Gasteiger partial charge in [0.15, 0.2) is 0 Å². The van der Waals surface area contributed by atoms with Crippen LogP contribution in [0.4, 0.5) is 0 Å². The molecule has 0 radical (unpaired) electrons. The normalized spacial score (nSPS) is 11.5. The molecule has 0 bridgehead atoms. The van der Waals surface area contributed by atoms with Gasteiger partial charge in [-0.05, 0) is 57.6 Å². The molecule has 2 aromatic heterocycles. The molecule has 12 rings (SSSR count). The summed E-state index contributed by atoms with van der Waals surface area (Å²) in [5, 5.41) is 4.97. The minimum Gasteiger partial charge on any atom is -0.308 e. The van der Waals surface area contributed by atoms with Crippen molar-refractivity contribution in [3.05, 3.63) is 243 Å². The Labute approximate surface area is 360 Å². The minimum atomic E-state index is 1.16. The molecule has 0 saturated carbocycles. The van der Waals surface area contributed by atoms with Crippen molar-refractivity contribution in [1.82, 2.24) is 9.13 Å². The molecule has 0 spiro atoms. The number of benzene rings is 10. The molecule has 0 aliphatic carbocycles. The van der Waals surface area contributed by atoms with Gasteiger partial charge < -0.3 is 9.13 Å². The van der Waals surface area contributed by atoms with Crippen LogP contribution in [0.15, 0.2) is 243 Å². The van der Waals surface area contributed by atoms with E-state index >= 15 is 0 Å². The molecule has 0 unspecified atom stereocenters. The highest BCUT2D eigenvalue weighted by Gasteiger charge is 2.24. The van der Waals surface area contributed by atoms with Crippen LogP contribution >= 0.6 is 0 Å². The van der Waals surface area contributed by atoms with E-state index in [1.165, 1.54) is 99.2 Å². The van der Waals surface area contributed by atoms with E-state index in [4.69, 9.17) is 0 Å². The van der Waals surface area contributed by atoms with Crippen LogP contribution in [0.25, 0.3) is 111 Å². The molecule has 0 atom stereocenters. The van der Waals surface area contributed by atoms with Gasteiger partial charge in [-0.1, -0.05) is 218 Å². The summed E-state index contributed by atoms with van der Waals surface area (Å²) in [5.41, 5.74) is 18.8. The van der Waals surface area contributed by atoms with Crippen molar-refractivity contribution in [3.8, 4) is 67.0 Å². The minimum absolute atomic E-state index is 1.16. The summed E-state index contributed by atoms with van der Waals surface area (Å²) in [4.78, 5) is 0. The summed E-state index contributed by atoms with van der Waals surface area (Å²) in [6.45, 7) is 0. The fraction of sp³-hybridized carbons (Fsp3) is 0. The fourth-order valence-electron chi connectivity index (χ4n) is 9.94. The van der Waals surface area contributed by atoms with Gasteiger partial charge in [-0.25, -0.2) is 0 Å². The third-order valence-corrected chi connectivity index (χ3v) is 12.6. The second-order valence-electron chi connectivity index (χ2n) is 16.0. The molecule has 0 saturated heterocycles. The zero-order chi connectivity index (χ0) is 41.0. The standard InChI is InChI=1S/C60H40N2/c1-3-21-41(22-4-1)43-33-19-35-53(59(43)61-55-37-15-11-29-49(55)50-30-12-16-38-56(50)61)47-27-9-7-25-45(47)46-26-8-10-28-48(46)54-36-20-34-44(42-23-5-2-6-24-42)60(54)62-57-39-17-13-31-51(57)52-32-14-18-40-58(52)62/h1-40H. The Balaban J connectivity index is 1.16. The maximum Gasteiger partial charge on any atom is 0.0619 e. The van der Waals surface area contributed by atoms with Gasteiger partial charge in [-0.15, -0.1) is 0 Å². The van der Waals surface area contributed by atoms with Gasteiger partial charge >= 0.3 is 0 Å². The summed E-state index contributed by atoms with van der Waals surface area (Å²) < 4.78 is 4.99. The van der Waals surface area contributed by atoms with Crippen LogP contribution in [0.5, 0.6) is 0 Å². The number of rotatable bonds is 7. The highest BCUT2D eigenvalue weighted by molar-refractivity contribution is 6.12. The van der Waals surface area contributed by atoms with E-state index in [9.17, 15) is 0 Å². The lowest BCUT2D eigenvalue weighted by molar-refractivity contribution is 1.18. The van der Waals surface area contributed by atoms with Crippen LogP contribution in [0.3, 0.4) is 0 Å². The lowest BCUT2D eigenvalue weighted by Gasteiger charge is -2.23. The highest BCUT2D eigenvalue weighted by atomic mass is 15.0. The van der Waals surface area contributed by atoms with Gasteiger partial charge in [0.2, 0.25) is 0 Å². The molecule has 290 valence electrons. The van der Waals surface area contributed by atoms with Crippen molar-refractivity contribution < 1.29 is 0 Å². The number of hydrogen-bond acceptors (Lipinski definition) is 0. The molecule has 10 aromatic carbocycles. The summed E-state index contributed by atoms with van der Waals surface area (Å²) in [6, 6.07) is 88.5. The molecular formula is C60H40N2. The number of para-hydroxylation sites is 6. The van der Waals surface area contributed by atoms with Crippen molar-refractivity contribution in [3.63, 3.8) is 0 Å². The maximum atomic E-state index is 2.49. The first-order valence-electron chi connectivity index (χ1n) is 21.4. The summed E-state index contributed by atoms with van der Waals surface area (Å²) in [7, 11) is 0. The number of aromatic nitrogens is 2. The van der Waals surface area contributed by atoms with Crippen molar-refractivity contribution in [2.24, 2.45) is 0 Å².